The molecule has 0 aliphatic rings. The van der Waals surface area contributed by atoms with Crippen molar-refractivity contribution in [3.05, 3.63) is 52.2 Å². The second-order valence-corrected chi connectivity index (χ2v) is 5.14. The molecule has 2 aromatic rings. The second-order valence-electron chi connectivity index (χ2n) is 4.11. The third-order valence-electron chi connectivity index (χ3n) is 2.57. The van der Waals surface area contributed by atoms with Crippen LogP contribution in [-0.2, 0) is 11.2 Å². The van der Waals surface area contributed by atoms with Gasteiger partial charge >= 0.3 is 0 Å². The molecule has 0 saturated carbocycles. The first-order valence-corrected chi connectivity index (χ1v) is 6.63. The molecule has 0 radical (unpaired) electrons. The van der Waals surface area contributed by atoms with Crippen molar-refractivity contribution in [2.45, 2.75) is 19.4 Å². The molecule has 2 N–H and O–H groups in total. The third-order valence-corrected chi connectivity index (χ3v) is 3.44. The number of hydrogen-bond donors (Lipinski definition) is 2. The molecule has 0 aliphatic carbocycles. The smallest absolute Gasteiger partial charge is 0.229 e. The number of benzene rings is 1. The maximum Gasteiger partial charge on any atom is 0.229 e. The molecule has 0 saturated heterocycles. The summed E-state index contributed by atoms with van der Waals surface area (Å²) in [6.45, 7) is 1.70. The Labute approximate surface area is 110 Å². The minimum absolute atomic E-state index is 0.0415. The Hall–Kier alpha value is -1.65. The summed E-state index contributed by atoms with van der Waals surface area (Å²) in [7, 11) is 0. The molecule has 1 aromatic carbocycles. The molecule has 1 atom stereocenters. The maximum atomic E-state index is 11.8. The van der Waals surface area contributed by atoms with Crippen molar-refractivity contribution in [1.82, 2.24) is 0 Å². The number of hydrogen-bond acceptors (Lipinski definition) is 3. The van der Waals surface area contributed by atoms with Crippen LogP contribution in [0.2, 0.25) is 0 Å². The number of amides is 1. The van der Waals surface area contributed by atoms with Gasteiger partial charge < -0.3 is 10.4 Å². The Kier molecular flexibility index (Phi) is 4.12. The van der Waals surface area contributed by atoms with Gasteiger partial charge in [-0.15, -0.1) is 11.3 Å². The first-order chi connectivity index (χ1) is 8.65. The van der Waals surface area contributed by atoms with Crippen LogP contribution in [0.15, 0.2) is 41.8 Å². The van der Waals surface area contributed by atoms with Gasteiger partial charge in [0.15, 0.2) is 0 Å². The summed E-state index contributed by atoms with van der Waals surface area (Å²) in [6.07, 6.45) is -0.143. The average Bonchev–Trinajstić information content (AvgIpc) is 2.82. The number of carbonyl (C=O) groups excluding carboxylic acids is 1. The molecule has 0 fully saturated rings. The quantitative estimate of drug-likeness (QED) is 0.889. The van der Waals surface area contributed by atoms with E-state index in [1.165, 1.54) is 0 Å². The minimum atomic E-state index is -0.529. The maximum absolute atomic E-state index is 11.8. The molecular formula is C14H15NO2S. The zero-order valence-electron chi connectivity index (χ0n) is 10.1. The Morgan fingerprint density at radius 1 is 1.39 bits per heavy atom. The molecule has 3 nitrogen and oxygen atoms in total. The molecule has 0 bridgehead atoms. The van der Waals surface area contributed by atoms with E-state index in [2.05, 4.69) is 5.32 Å². The van der Waals surface area contributed by atoms with E-state index < -0.39 is 6.10 Å². The molecule has 94 valence electrons. The molecule has 0 spiro atoms. The lowest BCUT2D eigenvalue weighted by Crippen LogP contribution is -2.13. The fourth-order valence-electron chi connectivity index (χ4n) is 1.65. The second kappa shape index (κ2) is 5.80. The lowest BCUT2D eigenvalue weighted by atomic mass is 10.1. The van der Waals surface area contributed by atoms with E-state index in [4.69, 9.17) is 0 Å². The number of anilines is 1. The minimum Gasteiger partial charge on any atom is -0.389 e. The van der Waals surface area contributed by atoms with Crippen molar-refractivity contribution in [1.29, 1.82) is 0 Å². The van der Waals surface area contributed by atoms with Crippen molar-refractivity contribution in [3.8, 4) is 0 Å². The van der Waals surface area contributed by atoms with E-state index in [0.717, 1.165) is 16.1 Å². The van der Waals surface area contributed by atoms with Crippen LogP contribution in [-0.4, -0.2) is 11.0 Å². The summed E-state index contributed by atoms with van der Waals surface area (Å²) in [5, 5.41) is 14.3. The van der Waals surface area contributed by atoms with E-state index in [-0.39, 0.29) is 5.91 Å². The van der Waals surface area contributed by atoms with Gasteiger partial charge in [0.05, 0.1) is 12.5 Å². The molecule has 1 unspecified atom stereocenters. The zero-order chi connectivity index (χ0) is 13.0. The average molecular weight is 261 g/mol. The van der Waals surface area contributed by atoms with Crippen LogP contribution in [0.4, 0.5) is 5.69 Å². The summed E-state index contributed by atoms with van der Waals surface area (Å²) in [5.74, 6) is -0.0415. The van der Waals surface area contributed by atoms with Crippen molar-refractivity contribution in [3.63, 3.8) is 0 Å². The highest BCUT2D eigenvalue weighted by Crippen LogP contribution is 2.17. The molecule has 4 heteroatoms. The van der Waals surface area contributed by atoms with Gasteiger partial charge in [-0.25, -0.2) is 0 Å². The van der Waals surface area contributed by atoms with Crippen LogP contribution >= 0.6 is 11.3 Å². The SMILES string of the molecule is CC(O)c1cccc(NC(=O)Cc2cccs2)c1. The van der Waals surface area contributed by atoms with Crippen molar-refractivity contribution >= 4 is 22.9 Å². The summed E-state index contributed by atoms with van der Waals surface area (Å²) < 4.78 is 0. The van der Waals surface area contributed by atoms with Crippen LogP contribution < -0.4 is 5.32 Å². The first-order valence-electron chi connectivity index (χ1n) is 5.75. The summed E-state index contributed by atoms with van der Waals surface area (Å²) in [5.41, 5.74) is 1.51. The van der Waals surface area contributed by atoms with Crippen LogP contribution in [0.1, 0.15) is 23.5 Å². The highest BCUT2D eigenvalue weighted by atomic mass is 32.1. The molecule has 1 aromatic heterocycles. The topological polar surface area (TPSA) is 49.3 Å². The number of aliphatic hydroxyl groups is 1. The molecule has 0 aliphatic heterocycles. The summed E-state index contributed by atoms with van der Waals surface area (Å²) in [6, 6.07) is 11.1. The number of rotatable bonds is 4. The highest BCUT2D eigenvalue weighted by molar-refractivity contribution is 7.10. The lowest BCUT2D eigenvalue weighted by Gasteiger charge is -2.08. The number of nitrogens with one attached hydrogen (secondary N) is 1. The molecular weight excluding hydrogens is 246 g/mol. The Balaban J connectivity index is 2.00. The Morgan fingerprint density at radius 3 is 2.89 bits per heavy atom. The van der Waals surface area contributed by atoms with Crippen molar-refractivity contribution in [2.24, 2.45) is 0 Å². The van der Waals surface area contributed by atoms with Gasteiger partial charge in [0.1, 0.15) is 0 Å². The fourth-order valence-corrected chi connectivity index (χ4v) is 2.36. The van der Waals surface area contributed by atoms with Crippen LogP contribution in [0.25, 0.3) is 0 Å². The van der Waals surface area contributed by atoms with E-state index in [0.29, 0.717) is 6.42 Å². The molecule has 1 amide bonds. The lowest BCUT2D eigenvalue weighted by molar-refractivity contribution is -0.115. The normalized spacial score (nSPS) is 12.1. The Bertz CT molecular complexity index is 520. The molecule has 2 rings (SSSR count). The van der Waals surface area contributed by atoms with Gasteiger partial charge in [-0.05, 0) is 36.1 Å². The monoisotopic (exact) mass is 261 g/mol. The van der Waals surface area contributed by atoms with E-state index in [1.807, 2.05) is 35.7 Å². The van der Waals surface area contributed by atoms with Gasteiger partial charge in [0.2, 0.25) is 5.91 Å². The predicted octanol–water partition coefficient (Wildman–Crippen LogP) is 2.98. The van der Waals surface area contributed by atoms with E-state index >= 15 is 0 Å². The summed E-state index contributed by atoms with van der Waals surface area (Å²) in [4.78, 5) is 12.8. The third kappa shape index (κ3) is 3.42. The van der Waals surface area contributed by atoms with Crippen LogP contribution in [0.3, 0.4) is 0 Å². The van der Waals surface area contributed by atoms with Crippen LogP contribution in [0, 0.1) is 0 Å². The van der Waals surface area contributed by atoms with E-state index in [1.54, 1.807) is 24.3 Å². The van der Waals surface area contributed by atoms with Crippen molar-refractivity contribution in [2.75, 3.05) is 5.32 Å². The van der Waals surface area contributed by atoms with Gasteiger partial charge in [0, 0.05) is 10.6 Å². The van der Waals surface area contributed by atoms with E-state index in [9.17, 15) is 9.90 Å². The van der Waals surface area contributed by atoms with Gasteiger partial charge in [-0.2, -0.15) is 0 Å². The van der Waals surface area contributed by atoms with Gasteiger partial charge in [-0.3, -0.25) is 4.79 Å². The molecule has 18 heavy (non-hydrogen) atoms. The van der Waals surface area contributed by atoms with Gasteiger partial charge in [0.25, 0.3) is 0 Å². The van der Waals surface area contributed by atoms with Gasteiger partial charge in [-0.1, -0.05) is 18.2 Å². The molecule has 1 heterocycles. The fraction of sp³-hybridized carbons (Fsp3) is 0.214. The summed E-state index contributed by atoms with van der Waals surface area (Å²) >= 11 is 1.57. The number of thiophene rings is 1. The number of aliphatic hydroxyl groups excluding tert-OH is 1. The number of carbonyl (C=O) groups is 1. The van der Waals surface area contributed by atoms with Crippen molar-refractivity contribution < 1.29 is 9.90 Å². The zero-order valence-corrected chi connectivity index (χ0v) is 10.9. The predicted molar refractivity (Wildman–Crippen MR) is 73.7 cm³/mol. The van der Waals surface area contributed by atoms with Crippen LogP contribution in [0.5, 0.6) is 0 Å². The Morgan fingerprint density at radius 2 is 2.22 bits per heavy atom. The largest absolute Gasteiger partial charge is 0.389 e. The first kappa shape index (κ1) is 12.8. The highest BCUT2D eigenvalue weighted by Gasteiger charge is 2.06. The standard InChI is InChI=1S/C14H15NO2S/c1-10(16)11-4-2-5-12(8-11)15-14(17)9-13-6-3-7-18-13/h2-8,10,16H,9H2,1H3,(H,15,17).